The van der Waals surface area contributed by atoms with Gasteiger partial charge >= 0.3 is 5.97 Å². The van der Waals surface area contributed by atoms with Crippen molar-refractivity contribution in [1.29, 1.82) is 0 Å². The molecule has 160 valence electrons. The number of benzene rings is 2. The van der Waals surface area contributed by atoms with Crippen LogP contribution in [0.15, 0.2) is 66.9 Å². The number of carbonyl (C=O) groups is 3. The van der Waals surface area contributed by atoms with Gasteiger partial charge in [0, 0.05) is 24.8 Å². The maximum Gasteiger partial charge on any atom is 0.339 e. The quantitative estimate of drug-likeness (QED) is 0.590. The summed E-state index contributed by atoms with van der Waals surface area (Å²) in [6.45, 7) is 3.38. The van der Waals surface area contributed by atoms with Gasteiger partial charge in [-0.2, -0.15) is 5.10 Å². The molecule has 0 aliphatic heterocycles. The summed E-state index contributed by atoms with van der Waals surface area (Å²) in [6, 6.07) is 17.2. The summed E-state index contributed by atoms with van der Waals surface area (Å²) in [5.74, 6) is -1.10. The first-order valence-electron chi connectivity index (χ1n) is 9.81. The van der Waals surface area contributed by atoms with Crippen LogP contribution in [0.25, 0.3) is 0 Å². The predicted molar refractivity (Wildman–Crippen MR) is 117 cm³/mol. The van der Waals surface area contributed by atoms with Gasteiger partial charge in [-0.15, -0.1) is 0 Å². The van der Waals surface area contributed by atoms with Crippen molar-refractivity contribution >= 4 is 29.3 Å². The minimum atomic E-state index is -0.752. The van der Waals surface area contributed by atoms with Crippen LogP contribution in [0.5, 0.6) is 0 Å². The lowest BCUT2D eigenvalue weighted by molar-refractivity contribution is -0.119. The van der Waals surface area contributed by atoms with Gasteiger partial charge in [0.15, 0.2) is 6.61 Å². The number of aromatic nitrogens is 2. The van der Waals surface area contributed by atoms with Crippen molar-refractivity contribution in [2.45, 2.75) is 19.9 Å². The highest BCUT2D eigenvalue weighted by molar-refractivity contribution is 6.12. The third-order valence-corrected chi connectivity index (χ3v) is 4.59. The Labute approximate surface area is 180 Å². The highest BCUT2D eigenvalue weighted by Crippen LogP contribution is 2.18. The van der Waals surface area contributed by atoms with Gasteiger partial charge in [-0.3, -0.25) is 9.59 Å². The van der Waals surface area contributed by atoms with Gasteiger partial charge in [0.05, 0.1) is 17.3 Å². The molecule has 31 heavy (non-hydrogen) atoms. The summed E-state index contributed by atoms with van der Waals surface area (Å²) in [5, 5.41) is 6.80. The van der Waals surface area contributed by atoms with E-state index in [1.165, 1.54) is 11.0 Å². The Balaban J connectivity index is 1.68. The van der Waals surface area contributed by atoms with E-state index in [4.69, 9.17) is 4.74 Å². The lowest BCUT2D eigenvalue weighted by atomic mass is 10.1. The molecule has 0 aliphatic rings. The molecule has 0 spiro atoms. The standard InChI is InChI=1S/C23H24N4O4/c1-16(2)27-20(13-14-24-27)25-21(28)15-31-23(30)19-12-8-7-11-18(19)22(29)26(3)17-9-5-4-6-10-17/h4-14,16H,15H2,1-3H3,(H,25,28). The molecule has 3 rings (SSSR count). The minimum Gasteiger partial charge on any atom is -0.452 e. The molecule has 0 atom stereocenters. The average molecular weight is 420 g/mol. The van der Waals surface area contributed by atoms with E-state index < -0.39 is 18.5 Å². The molecule has 0 unspecified atom stereocenters. The number of amides is 2. The summed E-state index contributed by atoms with van der Waals surface area (Å²) < 4.78 is 6.81. The Hall–Kier alpha value is -3.94. The van der Waals surface area contributed by atoms with Crippen LogP contribution in [0.2, 0.25) is 0 Å². The molecule has 2 aromatic carbocycles. The van der Waals surface area contributed by atoms with Crippen LogP contribution >= 0.6 is 0 Å². The van der Waals surface area contributed by atoms with Crippen LogP contribution in [0, 0.1) is 0 Å². The largest absolute Gasteiger partial charge is 0.452 e. The van der Waals surface area contributed by atoms with Crippen molar-refractivity contribution in [3.63, 3.8) is 0 Å². The fraction of sp³-hybridized carbons (Fsp3) is 0.217. The first kappa shape index (κ1) is 21.8. The zero-order chi connectivity index (χ0) is 22.4. The van der Waals surface area contributed by atoms with E-state index in [0.717, 1.165) is 0 Å². The maximum absolute atomic E-state index is 13.0. The highest BCUT2D eigenvalue weighted by atomic mass is 16.5. The van der Waals surface area contributed by atoms with Gasteiger partial charge in [0.1, 0.15) is 5.82 Å². The van der Waals surface area contributed by atoms with Crippen LogP contribution < -0.4 is 10.2 Å². The molecule has 0 aliphatic carbocycles. The highest BCUT2D eigenvalue weighted by Gasteiger charge is 2.22. The number of nitrogens with zero attached hydrogens (tertiary/aromatic N) is 3. The molecule has 8 nitrogen and oxygen atoms in total. The number of ether oxygens (including phenoxy) is 1. The number of hydrogen-bond donors (Lipinski definition) is 1. The average Bonchev–Trinajstić information content (AvgIpc) is 3.25. The van der Waals surface area contributed by atoms with Gasteiger partial charge in [0.2, 0.25) is 0 Å². The monoisotopic (exact) mass is 420 g/mol. The van der Waals surface area contributed by atoms with Gasteiger partial charge in [-0.25, -0.2) is 9.48 Å². The van der Waals surface area contributed by atoms with Crippen molar-refractivity contribution in [1.82, 2.24) is 9.78 Å². The number of esters is 1. The molecule has 0 bridgehead atoms. The molecule has 3 aromatic rings. The summed E-state index contributed by atoms with van der Waals surface area (Å²) in [7, 11) is 1.63. The van der Waals surface area contributed by atoms with E-state index in [0.29, 0.717) is 11.5 Å². The lowest BCUT2D eigenvalue weighted by Gasteiger charge is -2.18. The van der Waals surface area contributed by atoms with Crippen LogP contribution in [0.3, 0.4) is 0 Å². The second-order valence-corrected chi connectivity index (χ2v) is 7.12. The van der Waals surface area contributed by atoms with Crippen LogP contribution in [-0.2, 0) is 9.53 Å². The van der Waals surface area contributed by atoms with Crippen molar-refractivity contribution in [2.75, 3.05) is 23.9 Å². The molecule has 0 radical (unpaired) electrons. The fourth-order valence-corrected chi connectivity index (χ4v) is 3.01. The van der Waals surface area contributed by atoms with Crippen molar-refractivity contribution < 1.29 is 19.1 Å². The van der Waals surface area contributed by atoms with Crippen molar-refractivity contribution in [2.24, 2.45) is 0 Å². The Morgan fingerprint density at radius 2 is 1.65 bits per heavy atom. The van der Waals surface area contributed by atoms with E-state index in [9.17, 15) is 14.4 Å². The van der Waals surface area contributed by atoms with Crippen LogP contribution in [0.1, 0.15) is 40.6 Å². The summed E-state index contributed by atoms with van der Waals surface area (Å²) >= 11 is 0. The second-order valence-electron chi connectivity index (χ2n) is 7.12. The second kappa shape index (κ2) is 9.71. The Morgan fingerprint density at radius 3 is 2.32 bits per heavy atom. The Bertz CT molecular complexity index is 1080. The van der Waals surface area contributed by atoms with E-state index in [1.807, 2.05) is 32.0 Å². The molecule has 8 heteroatoms. The zero-order valence-electron chi connectivity index (χ0n) is 17.6. The van der Waals surface area contributed by atoms with E-state index in [2.05, 4.69) is 10.4 Å². The Kier molecular flexibility index (Phi) is 6.81. The Morgan fingerprint density at radius 1 is 1.00 bits per heavy atom. The zero-order valence-corrected chi connectivity index (χ0v) is 17.6. The van der Waals surface area contributed by atoms with Gasteiger partial charge < -0.3 is 15.0 Å². The smallest absolute Gasteiger partial charge is 0.339 e. The molecule has 0 fully saturated rings. The number of para-hydroxylation sites is 1. The molecule has 0 saturated heterocycles. The van der Waals surface area contributed by atoms with E-state index in [-0.39, 0.29) is 23.1 Å². The number of anilines is 2. The third kappa shape index (κ3) is 5.16. The van der Waals surface area contributed by atoms with Crippen LogP contribution in [-0.4, -0.2) is 41.2 Å². The SMILES string of the molecule is CC(C)n1nccc1NC(=O)COC(=O)c1ccccc1C(=O)N(C)c1ccccc1. The topological polar surface area (TPSA) is 93.5 Å². The number of carbonyl (C=O) groups excluding carboxylic acids is 3. The molecule has 0 saturated carbocycles. The molecule has 1 aromatic heterocycles. The number of hydrogen-bond acceptors (Lipinski definition) is 5. The first-order valence-corrected chi connectivity index (χ1v) is 9.81. The predicted octanol–water partition coefficient (Wildman–Crippen LogP) is 3.54. The minimum absolute atomic E-state index is 0.0624. The van der Waals surface area contributed by atoms with Gasteiger partial charge in [-0.05, 0) is 38.1 Å². The van der Waals surface area contributed by atoms with Crippen molar-refractivity contribution in [3.05, 3.63) is 78.0 Å². The fourth-order valence-electron chi connectivity index (χ4n) is 3.01. The van der Waals surface area contributed by atoms with Gasteiger partial charge in [0.25, 0.3) is 11.8 Å². The maximum atomic E-state index is 13.0. The number of rotatable bonds is 7. The molecular formula is C23H24N4O4. The lowest BCUT2D eigenvalue weighted by Crippen LogP contribution is -2.29. The summed E-state index contributed by atoms with van der Waals surface area (Å²) in [5.41, 5.74) is 0.976. The molecular weight excluding hydrogens is 396 g/mol. The summed E-state index contributed by atoms with van der Waals surface area (Å²) in [4.78, 5) is 39.2. The summed E-state index contributed by atoms with van der Waals surface area (Å²) in [6.07, 6.45) is 1.58. The van der Waals surface area contributed by atoms with E-state index >= 15 is 0 Å². The molecule has 2 amide bonds. The van der Waals surface area contributed by atoms with Gasteiger partial charge in [-0.1, -0.05) is 30.3 Å². The first-order chi connectivity index (χ1) is 14.9. The number of nitrogens with one attached hydrogen (secondary N) is 1. The normalized spacial score (nSPS) is 10.6. The molecule has 1 heterocycles. The van der Waals surface area contributed by atoms with Crippen molar-refractivity contribution in [3.8, 4) is 0 Å². The molecule has 1 N–H and O–H groups in total. The third-order valence-electron chi connectivity index (χ3n) is 4.59. The van der Waals surface area contributed by atoms with Crippen LogP contribution in [0.4, 0.5) is 11.5 Å². The van der Waals surface area contributed by atoms with E-state index in [1.54, 1.807) is 54.3 Å².